The first-order valence-corrected chi connectivity index (χ1v) is 17.0. The molecule has 1 N–H and O–H groups in total. The first-order chi connectivity index (χ1) is 29.9. The molecule has 0 bridgehead atoms. The van der Waals surface area contributed by atoms with E-state index >= 15 is 0 Å². The number of phosphoric acid groups is 1. The van der Waals surface area contributed by atoms with Crippen molar-refractivity contribution in [2.75, 3.05) is 13.2 Å². The van der Waals surface area contributed by atoms with E-state index in [1.165, 1.54) is 0 Å². The molecule has 0 aliphatic heterocycles. The van der Waals surface area contributed by atoms with E-state index in [9.17, 15) is 189 Å². The Bertz CT molecular complexity index is 1790. The molecule has 0 unspecified atom stereocenters. The Labute approximate surface area is 357 Å². The lowest BCUT2D eigenvalue weighted by Crippen LogP contribution is -2.76. The van der Waals surface area contributed by atoms with Crippen LogP contribution in [0.15, 0.2) is 0 Å². The predicted molar refractivity (Wildman–Crippen MR) is 132 cm³/mol. The SMILES string of the molecule is O=P(O)(OCCC(F)(F)C(F)(F)C(F)(F)C(F)(F)C(F)(F)C(F)(F)C(F)(F)C(F)(F)C(F)(F)C(F)(F)F)OCCC(F)(F)C(F)(F)C(F)(F)C(F)(F)C(F)(F)C(F)(F)C(F)(F)C(F)(F)C(F)(F)C(F)(F)F. The third kappa shape index (κ3) is 9.30. The third-order valence-corrected chi connectivity index (χ3v) is 9.51. The molecule has 0 atom stereocenters. The van der Waals surface area contributed by atoms with Crippen LogP contribution in [0, 0.1) is 0 Å². The molecule has 0 aliphatic rings. The molecule has 4 nitrogen and oxygen atoms in total. The van der Waals surface area contributed by atoms with Crippen LogP contribution in [0.4, 0.5) is 184 Å². The Morgan fingerprint density at radius 3 is 0.507 bits per heavy atom. The standard InChI is InChI=1S/C24H9F42O4P/c25-5(26,7(29,30)9(33,34)11(37,38)13(41,42)15(45,46)17(49,50)19(53,54)21(57,58)23(61,62)63)1-3-69-71(67,68)70-4-2-6(27,28)8(31,32)10(35,36)12(39,40)14(43,44)16(47,48)18(51,52)20(55,56)22(59,60)24(64,65)66/h1-4H2,(H,67,68). The van der Waals surface area contributed by atoms with Crippen LogP contribution in [0.25, 0.3) is 0 Å². The van der Waals surface area contributed by atoms with Crippen LogP contribution < -0.4 is 0 Å². The molecule has 0 aromatic heterocycles. The van der Waals surface area contributed by atoms with Crippen LogP contribution in [-0.4, -0.2) is 137 Å². The molecule has 0 aromatic rings. The summed E-state index contributed by atoms with van der Waals surface area (Å²) >= 11 is 0. The number of hydrogen-bond donors (Lipinski definition) is 1. The van der Waals surface area contributed by atoms with E-state index in [4.69, 9.17) is 4.89 Å². The van der Waals surface area contributed by atoms with Crippen LogP contribution in [0.1, 0.15) is 12.8 Å². The van der Waals surface area contributed by atoms with E-state index in [-0.39, 0.29) is 0 Å². The highest BCUT2D eigenvalue weighted by molar-refractivity contribution is 7.47. The van der Waals surface area contributed by atoms with Crippen LogP contribution >= 0.6 is 7.82 Å². The monoisotopic (exact) mass is 1190 g/mol. The van der Waals surface area contributed by atoms with E-state index in [1.807, 2.05) is 0 Å². The first-order valence-electron chi connectivity index (χ1n) is 15.5. The smallest absolute Gasteiger partial charge is 0.302 e. The van der Waals surface area contributed by atoms with Crippen molar-refractivity contribution < 1.29 is 203 Å². The number of phosphoric ester groups is 1. The van der Waals surface area contributed by atoms with Gasteiger partial charge in [0.25, 0.3) is 0 Å². The van der Waals surface area contributed by atoms with Crippen molar-refractivity contribution in [3.8, 4) is 0 Å². The van der Waals surface area contributed by atoms with Gasteiger partial charge in [-0.1, -0.05) is 0 Å². The zero-order valence-electron chi connectivity index (χ0n) is 30.8. The predicted octanol–water partition coefficient (Wildman–Crippen LogP) is 14.5. The minimum absolute atomic E-state index is 2.92. The van der Waals surface area contributed by atoms with Crippen molar-refractivity contribution in [2.24, 2.45) is 0 Å². The van der Waals surface area contributed by atoms with Crippen LogP contribution in [0.3, 0.4) is 0 Å². The largest absolute Gasteiger partial charge is 0.472 e. The maximum Gasteiger partial charge on any atom is 0.472 e. The summed E-state index contributed by atoms with van der Waals surface area (Å²) in [5.41, 5.74) is 0. The molecule has 0 saturated heterocycles. The molecular formula is C24H9F42O4P. The Morgan fingerprint density at radius 1 is 0.239 bits per heavy atom. The molecule has 0 aromatic carbocycles. The van der Waals surface area contributed by atoms with Crippen LogP contribution in [0.2, 0.25) is 0 Å². The lowest BCUT2D eigenvalue weighted by molar-refractivity contribution is -0.474. The van der Waals surface area contributed by atoms with Gasteiger partial charge in [-0.3, -0.25) is 9.05 Å². The molecule has 0 aliphatic carbocycles. The van der Waals surface area contributed by atoms with Gasteiger partial charge in [-0.25, -0.2) is 4.57 Å². The highest BCUT2D eigenvalue weighted by Gasteiger charge is 3.00. The van der Waals surface area contributed by atoms with Gasteiger partial charge < -0.3 is 4.89 Å². The van der Waals surface area contributed by atoms with Gasteiger partial charge in [0.2, 0.25) is 0 Å². The first kappa shape index (κ1) is 68.2. The highest BCUT2D eigenvalue weighted by atomic mass is 31.2. The maximum atomic E-state index is 14.0. The van der Waals surface area contributed by atoms with Gasteiger partial charge in [0.15, 0.2) is 0 Å². The molecule has 47 heteroatoms. The van der Waals surface area contributed by atoms with Crippen molar-refractivity contribution in [2.45, 2.75) is 132 Å². The van der Waals surface area contributed by atoms with Crippen molar-refractivity contribution in [1.82, 2.24) is 0 Å². The summed E-state index contributed by atoms with van der Waals surface area (Å²) in [6, 6.07) is 0. The van der Waals surface area contributed by atoms with Crippen molar-refractivity contribution in [3.63, 3.8) is 0 Å². The van der Waals surface area contributed by atoms with E-state index in [0.29, 0.717) is 0 Å². The summed E-state index contributed by atoms with van der Waals surface area (Å²) in [4.78, 5) is 9.02. The zero-order chi connectivity index (χ0) is 58.7. The van der Waals surface area contributed by atoms with Gasteiger partial charge in [0.1, 0.15) is 0 Å². The van der Waals surface area contributed by atoms with Gasteiger partial charge in [0, 0.05) is 12.8 Å². The third-order valence-electron chi connectivity index (χ3n) is 8.49. The molecule has 0 amide bonds. The highest BCUT2D eigenvalue weighted by Crippen LogP contribution is 2.69. The van der Waals surface area contributed by atoms with Crippen molar-refractivity contribution >= 4 is 7.82 Å². The molecule has 0 rings (SSSR count). The fraction of sp³-hybridized carbons (Fsp3) is 1.00. The lowest BCUT2D eigenvalue weighted by Gasteiger charge is -2.44. The minimum atomic E-state index is -9.67. The molecule has 428 valence electrons. The molecular weight excluding hydrogens is 1180 g/mol. The second-order valence-corrected chi connectivity index (χ2v) is 14.7. The summed E-state index contributed by atoms with van der Waals surface area (Å²) in [7, 11) is -7.19. The summed E-state index contributed by atoms with van der Waals surface area (Å²) in [5, 5.41) is 0. The average molecular weight is 1190 g/mol. The summed E-state index contributed by atoms with van der Waals surface area (Å²) < 4.78 is 582. The van der Waals surface area contributed by atoms with Gasteiger partial charge >= 0.3 is 127 Å². The summed E-state index contributed by atoms with van der Waals surface area (Å²) in [6.07, 6.45) is -24.6. The van der Waals surface area contributed by atoms with Crippen LogP contribution in [-0.2, 0) is 13.6 Å². The molecule has 0 spiro atoms. The number of rotatable bonds is 24. The number of alkyl halides is 42. The second kappa shape index (κ2) is 17.6. The van der Waals surface area contributed by atoms with Gasteiger partial charge in [-0.05, 0) is 0 Å². The Balaban J connectivity index is 6.63. The zero-order valence-corrected chi connectivity index (χ0v) is 31.7. The van der Waals surface area contributed by atoms with Gasteiger partial charge in [-0.2, -0.15) is 184 Å². The number of hydrogen-bond acceptors (Lipinski definition) is 3. The summed E-state index contributed by atoms with van der Waals surface area (Å²) in [6.45, 7) is -6.69. The maximum absolute atomic E-state index is 14.0. The van der Waals surface area contributed by atoms with E-state index in [1.54, 1.807) is 0 Å². The normalized spacial score (nSPS) is 17.1. The summed E-state index contributed by atoms with van der Waals surface area (Å²) in [5.74, 6) is -164. The van der Waals surface area contributed by atoms with Crippen molar-refractivity contribution in [1.29, 1.82) is 0 Å². The molecule has 0 radical (unpaired) electrons. The van der Waals surface area contributed by atoms with Gasteiger partial charge in [0.05, 0.1) is 13.2 Å². The number of halogens is 42. The topological polar surface area (TPSA) is 55.8 Å². The Hall–Kier alpha value is -2.83. The van der Waals surface area contributed by atoms with Crippen molar-refractivity contribution in [3.05, 3.63) is 0 Å². The Morgan fingerprint density at radius 2 is 0.366 bits per heavy atom. The fourth-order valence-corrected chi connectivity index (χ4v) is 4.83. The van der Waals surface area contributed by atoms with Gasteiger partial charge in [-0.15, -0.1) is 0 Å². The second-order valence-electron chi connectivity index (χ2n) is 13.2. The van der Waals surface area contributed by atoms with E-state index in [2.05, 4.69) is 9.05 Å². The Kier molecular flexibility index (Phi) is 16.9. The molecule has 0 heterocycles. The lowest BCUT2D eigenvalue weighted by atomic mass is 9.86. The molecule has 0 saturated carbocycles. The van der Waals surface area contributed by atoms with E-state index < -0.39 is 153 Å². The molecule has 0 fully saturated rings. The minimum Gasteiger partial charge on any atom is -0.302 e. The molecule has 71 heavy (non-hydrogen) atoms. The van der Waals surface area contributed by atoms with E-state index in [0.717, 1.165) is 0 Å². The van der Waals surface area contributed by atoms with Crippen LogP contribution in [0.5, 0.6) is 0 Å². The fourth-order valence-electron chi connectivity index (χ4n) is 4.11. The average Bonchev–Trinajstić information content (AvgIpc) is 3.12. The quantitative estimate of drug-likeness (QED) is 0.0773.